The second-order valence-electron chi connectivity index (χ2n) is 3.97. The van der Waals surface area contributed by atoms with Gasteiger partial charge in [0.2, 0.25) is 0 Å². The third-order valence-corrected chi connectivity index (χ3v) is 2.42. The number of rotatable bonds is 5. The van der Waals surface area contributed by atoms with Crippen LogP contribution in [0.15, 0.2) is 18.2 Å². The Morgan fingerprint density at radius 1 is 1.39 bits per heavy atom. The molecule has 6 heteroatoms. The average Bonchev–Trinajstić information content (AvgIpc) is 2.31. The Morgan fingerprint density at radius 2 is 2.11 bits per heavy atom. The van der Waals surface area contributed by atoms with Crippen molar-refractivity contribution in [2.24, 2.45) is 0 Å². The van der Waals surface area contributed by atoms with E-state index in [2.05, 4.69) is 15.6 Å². The van der Waals surface area contributed by atoms with E-state index >= 15 is 0 Å². The molecule has 0 aliphatic heterocycles. The topological polar surface area (TPSA) is 50.4 Å². The smallest absolute Gasteiger partial charge is 0.334 e. The molecule has 100 valence electrons. The fourth-order valence-corrected chi connectivity index (χ4v) is 1.50. The Labute approximate surface area is 104 Å². The number of hydrogen-bond donors (Lipinski definition) is 2. The number of amides is 2. The van der Waals surface area contributed by atoms with Crippen molar-refractivity contribution in [2.75, 3.05) is 7.11 Å². The highest BCUT2D eigenvalue weighted by Gasteiger charge is 2.08. The molecular weight excluding hydrogens is 242 g/mol. The van der Waals surface area contributed by atoms with Gasteiger partial charge in [-0.15, -0.1) is 0 Å². The molecule has 0 radical (unpaired) electrons. The fraction of sp³-hybridized carbons (Fsp3) is 0.417. The third-order valence-electron chi connectivity index (χ3n) is 2.42. The minimum Gasteiger partial charge on any atom is -0.334 e. The van der Waals surface area contributed by atoms with E-state index in [1.54, 1.807) is 0 Å². The van der Waals surface area contributed by atoms with Crippen LogP contribution < -0.4 is 10.8 Å². The quantitative estimate of drug-likeness (QED) is 0.795. The molecule has 0 fully saturated rings. The van der Waals surface area contributed by atoms with Gasteiger partial charge in [0.25, 0.3) is 0 Å². The second kappa shape index (κ2) is 6.90. The van der Waals surface area contributed by atoms with Crippen LogP contribution in [0.25, 0.3) is 0 Å². The summed E-state index contributed by atoms with van der Waals surface area (Å²) in [5, 5.41) is 2.63. The van der Waals surface area contributed by atoms with E-state index in [9.17, 15) is 13.6 Å². The number of aryl methyl sites for hydroxylation is 1. The van der Waals surface area contributed by atoms with E-state index < -0.39 is 17.7 Å². The number of carbonyl (C=O) groups excluding carboxylic acids is 1. The van der Waals surface area contributed by atoms with E-state index in [1.165, 1.54) is 13.2 Å². The zero-order valence-electron chi connectivity index (χ0n) is 10.3. The zero-order valence-corrected chi connectivity index (χ0v) is 10.3. The van der Waals surface area contributed by atoms with Gasteiger partial charge in [-0.3, -0.25) is 4.84 Å². The highest BCUT2D eigenvalue weighted by Crippen LogP contribution is 2.11. The molecule has 2 N–H and O–H groups in total. The van der Waals surface area contributed by atoms with Crippen molar-refractivity contribution < 1.29 is 18.4 Å². The van der Waals surface area contributed by atoms with E-state index in [4.69, 9.17) is 0 Å². The molecule has 1 rings (SSSR count). The molecule has 2 amide bonds. The summed E-state index contributed by atoms with van der Waals surface area (Å²) in [7, 11) is 1.34. The molecule has 1 aromatic carbocycles. The molecule has 0 aliphatic carbocycles. The SMILES string of the molecule is CONC(=O)NC(C)CCc1ccc(F)c(F)c1. The fourth-order valence-electron chi connectivity index (χ4n) is 1.50. The molecule has 1 unspecified atom stereocenters. The summed E-state index contributed by atoms with van der Waals surface area (Å²) >= 11 is 0. The Balaban J connectivity index is 2.40. The molecule has 18 heavy (non-hydrogen) atoms. The van der Waals surface area contributed by atoms with Crippen molar-refractivity contribution in [2.45, 2.75) is 25.8 Å². The van der Waals surface area contributed by atoms with Gasteiger partial charge in [-0.25, -0.2) is 19.1 Å². The van der Waals surface area contributed by atoms with E-state index in [0.29, 0.717) is 18.4 Å². The Morgan fingerprint density at radius 3 is 2.72 bits per heavy atom. The molecule has 0 saturated heterocycles. The average molecular weight is 258 g/mol. The van der Waals surface area contributed by atoms with Crippen molar-refractivity contribution in [1.82, 2.24) is 10.8 Å². The van der Waals surface area contributed by atoms with Crippen LogP contribution in [0.1, 0.15) is 18.9 Å². The first-order chi connectivity index (χ1) is 8.52. The summed E-state index contributed by atoms with van der Waals surface area (Å²) < 4.78 is 25.6. The molecule has 4 nitrogen and oxygen atoms in total. The predicted molar refractivity (Wildman–Crippen MR) is 62.8 cm³/mol. The van der Waals surface area contributed by atoms with Crippen molar-refractivity contribution in [3.63, 3.8) is 0 Å². The molecule has 0 saturated carbocycles. The van der Waals surface area contributed by atoms with E-state index in [0.717, 1.165) is 12.1 Å². The van der Waals surface area contributed by atoms with Gasteiger partial charge in [-0.05, 0) is 37.5 Å². The summed E-state index contributed by atoms with van der Waals surface area (Å²) in [6, 6.07) is 3.25. The molecular formula is C12H16F2N2O2. The predicted octanol–water partition coefficient (Wildman–Crippen LogP) is 2.15. The van der Waals surface area contributed by atoms with Gasteiger partial charge >= 0.3 is 6.03 Å². The largest absolute Gasteiger partial charge is 0.338 e. The van der Waals surface area contributed by atoms with Crippen LogP contribution in [-0.2, 0) is 11.3 Å². The van der Waals surface area contributed by atoms with Crippen LogP contribution in [0.3, 0.4) is 0 Å². The Bertz CT molecular complexity index is 413. The van der Waals surface area contributed by atoms with Crippen LogP contribution in [-0.4, -0.2) is 19.2 Å². The lowest BCUT2D eigenvalue weighted by atomic mass is 10.1. The van der Waals surface area contributed by atoms with Gasteiger partial charge in [0.15, 0.2) is 11.6 Å². The lowest BCUT2D eigenvalue weighted by Gasteiger charge is -2.13. The molecule has 0 bridgehead atoms. The standard InChI is InChI=1S/C12H16F2N2O2/c1-8(15-12(17)16-18-2)3-4-9-5-6-10(13)11(14)7-9/h5-8H,3-4H2,1-2H3,(H2,15,16,17). The lowest BCUT2D eigenvalue weighted by Crippen LogP contribution is -2.40. The maximum atomic E-state index is 12.9. The number of halogens is 2. The van der Waals surface area contributed by atoms with Gasteiger partial charge in [0.05, 0.1) is 7.11 Å². The minimum atomic E-state index is -0.857. The van der Waals surface area contributed by atoms with E-state index in [1.807, 2.05) is 6.92 Å². The summed E-state index contributed by atoms with van der Waals surface area (Å²) in [5.41, 5.74) is 2.82. The third kappa shape index (κ3) is 4.67. The maximum Gasteiger partial charge on any atom is 0.338 e. The van der Waals surface area contributed by atoms with Crippen LogP contribution in [0.5, 0.6) is 0 Å². The van der Waals surface area contributed by atoms with Gasteiger partial charge in [-0.1, -0.05) is 6.07 Å². The zero-order chi connectivity index (χ0) is 13.5. The van der Waals surface area contributed by atoms with Crippen LogP contribution >= 0.6 is 0 Å². The molecule has 0 aromatic heterocycles. The summed E-state index contributed by atoms with van der Waals surface area (Å²) in [6.45, 7) is 1.81. The molecule has 1 aromatic rings. The van der Waals surface area contributed by atoms with Gasteiger partial charge < -0.3 is 5.32 Å². The van der Waals surface area contributed by atoms with Crippen molar-refractivity contribution in [3.05, 3.63) is 35.4 Å². The number of carbonyl (C=O) groups is 1. The van der Waals surface area contributed by atoms with Gasteiger partial charge in [0, 0.05) is 6.04 Å². The van der Waals surface area contributed by atoms with Crippen LogP contribution in [0, 0.1) is 11.6 Å². The lowest BCUT2D eigenvalue weighted by molar-refractivity contribution is 0.106. The summed E-state index contributed by atoms with van der Waals surface area (Å²) in [4.78, 5) is 15.5. The number of hydroxylamine groups is 1. The van der Waals surface area contributed by atoms with Gasteiger partial charge in [0.1, 0.15) is 0 Å². The van der Waals surface area contributed by atoms with Crippen molar-refractivity contribution in [1.29, 1.82) is 0 Å². The second-order valence-corrected chi connectivity index (χ2v) is 3.97. The molecule has 0 heterocycles. The highest BCUT2D eigenvalue weighted by atomic mass is 19.2. The molecule has 1 atom stereocenters. The first-order valence-corrected chi connectivity index (χ1v) is 5.56. The summed E-state index contributed by atoms with van der Waals surface area (Å²) in [5.74, 6) is -1.71. The minimum absolute atomic E-state index is 0.103. The number of benzene rings is 1. The Hall–Kier alpha value is -1.69. The molecule has 0 spiro atoms. The Kier molecular flexibility index (Phi) is 5.51. The first-order valence-electron chi connectivity index (χ1n) is 5.56. The summed E-state index contributed by atoms with van der Waals surface area (Å²) in [6.07, 6.45) is 1.16. The number of hydrogen-bond acceptors (Lipinski definition) is 2. The van der Waals surface area contributed by atoms with Crippen LogP contribution in [0.4, 0.5) is 13.6 Å². The van der Waals surface area contributed by atoms with E-state index in [-0.39, 0.29) is 6.04 Å². The highest BCUT2D eigenvalue weighted by molar-refractivity contribution is 5.72. The van der Waals surface area contributed by atoms with Gasteiger partial charge in [-0.2, -0.15) is 0 Å². The maximum absolute atomic E-state index is 12.9. The van der Waals surface area contributed by atoms with Crippen LogP contribution in [0.2, 0.25) is 0 Å². The number of urea groups is 1. The van der Waals surface area contributed by atoms with Crippen molar-refractivity contribution in [3.8, 4) is 0 Å². The number of nitrogens with one attached hydrogen (secondary N) is 2. The normalized spacial score (nSPS) is 12.0. The monoisotopic (exact) mass is 258 g/mol. The van der Waals surface area contributed by atoms with Crippen molar-refractivity contribution >= 4 is 6.03 Å². The first kappa shape index (κ1) is 14.4. The molecule has 0 aliphatic rings.